The van der Waals surface area contributed by atoms with Crippen LogP contribution in [0.2, 0.25) is 10.0 Å². The number of rotatable bonds is 9. The van der Waals surface area contributed by atoms with E-state index in [1.54, 1.807) is 49.4 Å². The Bertz CT molecular complexity index is 1080. The van der Waals surface area contributed by atoms with E-state index in [0.717, 1.165) is 14.1 Å². The van der Waals surface area contributed by atoms with Crippen LogP contribution in [0.15, 0.2) is 42.5 Å². The van der Waals surface area contributed by atoms with Crippen LogP contribution < -0.4 is 9.62 Å². The van der Waals surface area contributed by atoms with Crippen molar-refractivity contribution < 1.29 is 18.0 Å². The third kappa shape index (κ3) is 6.97. The lowest BCUT2D eigenvalue weighted by atomic mass is 10.1. The highest BCUT2D eigenvalue weighted by molar-refractivity contribution is 14.1. The van der Waals surface area contributed by atoms with Gasteiger partial charge in [0, 0.05) is 17.2 Å². The molecule has 0 aromatic heterocycles. The number of hydrogen-bond acceptors (Lipinski definition) is 4. The summed E-state index contributed by atoms with van der Waals surface area (Å²) in [6, 6.07) is 10.9. The number of hydrogen-bond donors (Lipinski definition) is 1. The molecule has 32 heavy (non-hydrogen) atoms. The lowest BCUT2D eigenvalue weighted by molar-refractivity contribution is -0.140. The van der Waals surface area contributed by atoms with Gasteiger partial charge in [-0.25, -0.2) is 8.42 Å². The summed E-state index contributed by atoms with van der Waals surface area (Å²) < 4.78 is 26.9. The average molecular weight is 612 g/mol. The van der Waals surface area contributed by atoms with E-state index < -0.39 is 28.5 Å². The van der Waals surface area contributed by atoms with Gasteiger partial charge < -0.3 is 10.2 Å². The molecule has 0 bridgehead atoms. The van der Waals surface area contributed by atoms with Gasteiger partial charge in [0.2, 0.25) is 21.8 Å². The molecule has 174 valence electrons. The summed E-state index contributed by atoms with van der Waals surface area (Å²) in [6.07, 6.45) is 1.38. The molecule has 0 fully saturated rings. The van der Waals surface area contributed by atoms with Gasteiger partial charge in [0.05, 0.1) is 22.0 Å². The van der Waals surface area contributed by atoms with E-state index in [1.807, 2.05) is 0 Å². The van der Waals surface area contributed by atoms with Gasteiger partial charge in [0.1, 0.15) is 12.6 Å². The summed E-state index contributed by atoms with van der Waals surface area (Å²) in [5.41, 5.74) is 1.03. The molecule has 0 aliphatic carbocycles. The van der Waals surface area contributed by atoms with Crippen LogP contribution in [-0.4, -0.2) is 51.0 Å². The standard InChI is InChI=1S/C21H24Cl2IN3O4S/c1-4-19(21(29)25-2)26(12-14-5-10-17(22)18(23)11-14)20(28)13-27(32(3,30)31)16-8-6-15(24)7-9-16/h5-11,19H,4,12-13H2,1-3H3,(H,25,29)/t19-/m0/s1. The monoisotopic (exact) mass is 611 g/mol. The number of anilines is 1. The smallest absolute Gasteiger partial charge is 0.244 e. The Balaban J connectivity index is 2.43. The molecule has 2 aromatic carbocycles. The zero-order valence-electron chi connectivity index (χ0n) is 17.8. The summed E-state index contributed by atoms with van der Waals surface area (Å²) in [5, 5.41) is 3.26. The maximum atomic E-state index is 13.4. The van der Waals surface area contributed by atoms with Gasteiger partial charge >= 0.3 is 0 Å². The molecule has 0 unspecified atom stereocenters. The van der Waals surface area contributed by atoms with Crippen molar-refractivity contribution in [2.75, 3.05) is 24.2 Å². The normalized spacial score (nSPS) is 12.2. The highest BCUT2D eigenvalue weighted by Crippen LogP contribution is 2.25. The number of carbonyl (C=O) groups excluding carboxylic acids is 2. The molecule has 0 radical (unpaired) electrons. The number of likely N-dealkylation sites (N-methyl/N-ethyl adjacent to an activating group) is 1. The Morgan fingerprint density at radius 1 is 1.09 bits per heavy atom. The first-order chi connectivity index (χ1) is 15.0. The molecule has 2 amide bonds. The molecule has 0 saturated heterocycles. The highest BCUT2D eigenvalue weighted by atomic mass is 127. The second kappa shape index (κ2) is 11.5. The number of sulfonamides is 1. The van der Waals surface area contributed by atoms with Gasteiger partial charge in [0.15, 0.2) is 0 Å². The van der Waals surface area contributed by atoms with E-state index >= 15 is 0 Å². The summed E-state index contributed by atoms with van der Waals surface area (Å²) in [6.45, 7) is 1.39. The molecule has 0 saturated carbocycles. The number of amides is 2. The Labute approximate surface area is 212 Å². The van der Waals surface area contributed by atoms with Gasteiger partial charge in [-0.1, -0.05) is 36.2 Å². The zero-order chi connectivity index (χ0) is 24.1. The van der Waals surface area contributed by atoms with Gasteiger partial charge in [-0.2, -0.15) is 0 Å². The first kappa shape index (κ1) is 26.7. The van der Waals surface area contributed by atoms with Gasteiger partial charge in [-0.05, 0) is 71.0 Å². The Morgan fingerprint density at radius 3 is 2.22 bits per heavy atom. The summed E-state index contributed by atoms with van der Waals surface area (Å²) in [7, 11) is -2.27. The Morgan fingerprint density at radius 2 is 1.72 bits per heavy atom. The fourth-order valence-electron chi connectivity index (χ4n) is 3.14. The topological polar surface area (TPSA) is 86.8 Å². The SMILES string of the molecule is CC[C@@H](C(=O)NC)N(Cc1ccc(Cl)c(Cl)c1)C(=O)CN(c1ccc(I)cc1)S(C)(=O)=O. The third-order valence-corrected chi connectivity index (χ3v) is 7.36. The molecule has 2 rings (SSSR count). The van der Waals surface area contributed by atoms with Gasteiger partial charge in [-0.15, -0.1) is 0 Å². The summed E-state index contributed by atoms with van der Waals surface area (Å²) in [5.74, 6) is -0.864. The molecular weight excluding hydrogens is 588 g/mol. The number of nitrogens with zero attached hydrogens (tertiary/aromatic N) is 2. The van der Waals surface area contributed by atoms with Crippen molar-refractivity contribution in [2.45, 2.75) is 25.9 Å². The van der Waals surface area contributed by atoms with E-state index in [2.05, 4.69) is 27.9 Å². The van der Waals surface area contributed by atoms with Gasteiger partial charge in [0.25, 0.3) is 0 Å². The third-order valence-electron chi connectivity index (χ3n) is 4.76. The van der Waals surface area contributed by atoms with Crippen LogP contribution in [0.5, 0.6) is 0 Å². The van der Waals surface area contributed by atoms with E-state index in [1.165, 1.54) is 11.9 Å². The minimum atomic E-state index is -3.76. The quantitative estimate of drug-likeness (QED) is 0.436. The van der Waals surface area contributed by atoms with Crippen LogP contribution in [-0.2, 0) is 26.2 Å². The second-order valence-corrected chi connectivity index (χ2v) is 11.0. The van der Waals surface area contributed by atoms with Crippen LogP contribution in [0.25, 0.3) is 0 Å². The van der Waals surface area contributed by atoms with E-state index in [9.17, 15) is 18.0 Å². The van der Waals surface area contributed by atoms with Crippen LogP contribution >= 0.6 is 45.8 Å². The number of halogens is 3. The minimum Gasteiger partial charge on any atom is -0.357 e. The van der Waals surface area contributed by atoms with Crippen LogP contribution in [0, 0.1) is 3.57 Å². The van der Waals surface area contributed by atoms with E-state index in [0.29, 0.717) is 27.7 Å². The van der Waals surface area contributed by atoms with E-state index in [-0.39, 0.29) is 12.5 Å². The summed E-state index contributed by atoms with van der Waals surface area (Å²) in [4.78, 5) is 27.3. The summed E-state index contributed by atoms with van der Waals surface area (Å²) >= 11 is 14.2. The molecule has 0 heterocycles. The first-order valence-corrected chi connectivity index (χ1v) is 13.3. The maximum Gasteiger partial charge on any atom is 0.244 e. The maximum absolute atomic E-state index is 13.4. The van der Waals surface area contributed by atoms with Gasteiger partial charge in [-0.3, -0.25) is 13.9 Å². The van der Waals surface area contributed by atoms with Crippen molar-refractivity contribution in [3.63, 3.8) is 0 Å². The fourth-order valence-corrected chi connectivity index (χ4v) is 4.67. The Kier molecular flexibility index (Phi) is 9.62. The largest absolute Gasteiger partial charge is 0.357 e. The van der Waals surface area contributed by atoms with Crippen molar-refractivity contribution in [3.05, 3.63) is 61.6 Å². The average Bonchev–Trinajstić information content (AvgIpc) is 2.74. The molecule has 1 atom stereocenters. The lowest BCUT2D eigenvalue weighted by Crippen LogP contribution is -2.51. The molecule has 0 aliphatic heterocycles. The first-order valence-electron chi connectivity index (χ1n) is 9.66. The molecular formula is C21H24Cl2IN3O4S. The molecule has 0 aliphatic rings. The molecule has 1 N–H and O–H groups in total. The number of carbonyl (C=O) groups is 2. The van der Waals surface area contributed by atoms with Crippen LogP contribution in [0.1, 0.15) is 18.9 Å². The minimum absolute atomic E-state index is 0.0614. The second-order valence-electron chi connectivity index (χ2n) is 7.05. The predicted molar refractivity (Wildman–Crippen MR) is 137 cm³/mol. The van der Waals surface area contributed by atoms with Crippen LogP contribution in [0.3, 0.4) is 0 Å². The lowest BCUT2D eigenvalue weighted by Gasteiger charge is -2.32. The number of nitrogens with one attached hydrogen (secondary N) is 1. The molecule has 7 nitrogen and oxygen atoms in total. The fraction of sp³-hybridized carbons (Fsp3) is 0.333. The van der Waals surface area contributed by atoms with Crippen molar-refractivity contribution >= 4 is 73.3 Å². The molecule has 2 aromatic rings. The molecule has 0 spiro atoms. The highest BCUT2D eigenvalue weighted by Gasteiger charge is 2.31. The van der Waals surface area contributed by atoms with Crippen LogP contribution in [0.4, 0.5) is 5.69 Å². The Hall–Kier alpha value is -1.56. The zero-order valence-corrected chi connectivity index (χ0v) is 22.3. The predicted octanol–water partition coefficient (Wildman–Crippen LogP) is 3.92. The van der Waals surface area contributed by atoms with Crippen molar-refractivity contribution in [1.29, 1.82) is 0 Å². The van der Waals surface area contributed by atoms with Crippen molar-refractivity contribution in [2.24, 2.45) is 0 Å². The van der Waals surface area contributed by atoms with E-state index in [4.69, 9.17) is 23.2 Å². The van der Waals surface area contributed by atoms with Crippen molar-refractivity contribution in [3.8, 4) is 0 Å². The number of benzene rings is 2. The van der Waals surface area contributed by atoms with Crippen molar-refractivity contribution in [1.82, 2.24) is 10.2 Å². The molecule has 11 heteroatoms.